The lowest BCUT2D eigenvalue weighted by atomic mass is 9.76. The average Bonchev–Trinajstić information content (AvgIpc) is 3.15. The van der Waals surface area contributed by atoms with Gasteiger partial charge in [-0.3, -0.25) is 4.99 Å². The Labute approximate surface area is 128 Å². The monoisotopic (exact) mass is 304 g/mol. The third-order valence-electron chi connectivity index (χ3n) is 4.71. The van der Waals surface area contributed by atoms with Gasteiger partial charge >= 0.3 is 0 Å². The predicted octanol–water partition coefficient (Wildman–Crippen LogP) is 4.41. The molecule has 2 nitrogen and oxygen atoms in total. The quantitative estimate of drug-likeness (QED) is 0.804. The molecule has 0 amide bonds. The molecule has 2 aliphatic heterocycles. The summed E-state index contributed by atoms with van der Waals surface area (Å²) in [4.78, 5) is 7.03. The lowest BCUT2D eigenvalue weighted by Crippen LogP contribution is -2.35. The molecule has 0 bridgehead atoms. The maximum absolute atomic E-state index is 6.06. The highest BCUT2D eigenvalue weighted by Gasteiger charge is 2.45. The van der Waals surface area contributed by atoms with Crippen LogP contribution >= 0.6 is 23.4 Å². The van der Waals surface area contributed by atoms with Gasteiger partial charge < -0.3 is 4.90 Å². The number of fused-ring (bicyclic) bond motifs is 1. The SMILES string of the molecule is Clc1ccc(C2(C3=CSC4=NCCN34)CCCC2)cc1. The molecule has 0 spiro atoms. The Hall–Kier alpha value is -0.930. The first-order valence-corrected chi connectivity index (χ1v) is 8.51. The van der Waals surface area contributed by atoms with Crippen molar-refractivity contribution in [2.75, 3.05) is 13.1 Å². The van der Waals surface area contributed by atoms with Crippen molar-refractivity contribution in [1.82, 2.24) is 4.90 Å². The van der Waals surface area contributed by atoms with E-state index in [1.807, 2.05) is 12.1 Å². The molecule has 20 heavy (non-hydrogen) atoms. The molecule has 104 valence electrons. The second kappa shape index (κ2) is 4.81. The summed E-state index contributed by atoms with van der Waals surface area (Å²) in [5, 5.41) is 4.35. The van der Waals surface area contributed by atoms with Gasteiger partial charge in [-0.25, -0.2) is 0 Å². The first kappa shape index (κ1) is 12.8. The lowest BCUT2D eigenvalue weighted by Gasteiger charge is -2.35. The van der Waals surface area contributed by atoms with Crippen LogP contribution in [0.15, 0.2) is 40.4 Å². The molecule has 0 saturated heterocycles. The molecule has 4 rings (SSSR count). The van der Waals surface area contributed by atoms with Gasteiger partial charge in [0.1, 0.15) is 0 Å². The van der Waals surface area contributed by atoms with E-state index < -0.39 is 0 Å². The minimum Gasteiger partial charge on any atom is -0.321 e. The Balaban J connectivity index is 1.77. The molecule has 1 aliphatic carbocycles. The number of nitrogens with zero attached hydrogens (tertiary/aromatic N) is 2. The Morgan fingerprint density at radius 3 is 2.65 bits per heavy atom. The van der Waals surface area contributed by atoms with Crippen LogP contribution < -0.4 is 0 Å². The third-order valence-corrected chi connectivity index (χ3v) is 5.87. The number of halogens is 1. The first-order chi connectivity index (χ1) is 9.79. The number of benzene rings is 1. The van der Waals surface area contributed by atoms with Gasteiger partial charge in [-0.1, -0.05) is 48.3 Å². The summed E-state index contributed by atoms with van der Waals surface area (Å²) < 4.78 is 0. The second-order valence-electron chi connectivity index (χ2n) is 5.73. The van der Waals surface area contributed by atoms with Gasteiger partial charge in [0, 0.05) is 22.7 Å². The van der Waals surface area contributed by atoms with Gasteiger partial charge in [0.2, 0.25) is 0 Å². The van der Waals surface area contributed by atoms with E-state index in [4.69, 9.17) is 11.6 Å². The maximum atomic E-state index is 6.06. The van der Waals surface area contributed by atoms with E-state index >= 15 is 0 Å². The summed E-state index contributed by atoms with van der Waals surface area (Å²) in [7, 11) is 0. The molecule has 0 N–H and O–H groups in total. The zero-order valence-corrected chi connectivity index (χ0v) is 12.9. The highest BCUT2D eigenvalue weighted by Crippen LogP contribution is 2.51. The van der Waals surface area contributed by atoms with Crippen molar-refractivity contribution in [3.05, 3.63) is 46.0 Å². The molecule has 0 radical (unpaired) electrons. The normalized spacial score (nSPS) is 23.8. The number of rotatable bonds is 2. The summed E-state index contributed by atoms with van der Waals surface area (Å²) >= 11 is 7.86. The summed E-state index contributed by atoms with van der Waals surface area (Å²) in [6, 6.07) is 8.48. The smallest absolute Gasteiger partial charge is 0.167 e. The van der Waals surface area contributed by atoms with E-state index in [-0.39, 0.29) is 5.41 Å². The molecule has 0 aromatic heterocycles. The Morgan fingerprint density at radius 2 is 1.90 bits per heavy atom. The van der Waals surface area contributed by atoms with Crippen LogP contribution in [0.5, 0.6) is 0 Å². The highest BCUT2D eigenvalue weighted by atomic mass is 35.5. The summed E-state index contributed by atoms with van der Waals surface area (Å²) in [5.41, 5.74) is 3.07. The molecule has 0 atom stereocenters. The molecule has 4 heteroatoms. The van der Waals surface area contributed by atoms with E-state index in [9.17, 15) is 0 Å². The minimum atomic E-state index is 0.180. The van der Waals surface area contributed by atoms with Crippen LogP contribution in [-0.2, 0) is 5.41 Å². The van der Waals surface area contributed by atoms with Crippen molar-refractivity contribution in [2.24, 2.45) is 4.99 Å². The second-order valence-corrected chi connectivity index (χ2v) is 7.01. The molecule has 1 aromatic rings. The van der Waals surface area contributed by atoms with Gasteiger partial charge in [-0.2, -0.15) is 0 Å². The zero-order valence-electron chi connectivity index (χ0n) is 11.3. The van der Waals surface area contributed by atoms with Gasteiger partial charge in [0.05, 0.1) is 6.54 Å². The average molecular weight is 305 g/mol. The number of hydrogen-bond donors (Lipinski definition) is 0. The zero-order chi connectivity index (χ0) is 13.6. The van der Waals surface area contributed by atoms with Crippen LogP contribution in [0.2, 0.25) is 5.02 Å². The maximum Gasteiger partial charge on any atom is 0.167 e. The van der Waals surface area contributed by atoms with Gasteiger partial charge in [0.25, 0.3) is 0 Å². The minimum absolute atomic E-state index is 0.180. The lowest BCUT2D eigenvalue weighted by molar-refractivity contribution is 0.405. The van der Waals surface area contributed by atoms with Crippen LogP contribution in [0.25, 0.3) is 0 Å². The van der Waals surface area contributed by atoms with Gasteiger partial charge in [0.15, 0.2) is 5.17 Å². The van der Waals surface area contributed by atoms with E-state index in [1.165, 1.54) is 42.1 Å². The van der Waals surface area contributed by atoms with Gasteiger partial charge in [-0.15, -0.1) is 0 Å². The molecule has 3 aliphatic rings. The van der Waals surface area contributed by atoms with Crippen molar-refractivity contribution in [1.29, 1.82) is 0 Å². The van der Waals surface area contributed by atoms with Crippen molar-refractivity contribution < 1.29 is 0 Å². The molecular formula is C16H17ClN2S. The summed E-state index contributed by atoms with van der Waals surface area (Å²) in [6.45, 7) is 1.99. The van der Waals surface area contributed by atoms with Crippen molar-refractivity contribution in [3.8, 4) is 0 Å². The largest absolute Gasteiger partial charge is 0.321 e. The summed E-state index contributed by atoms with van der Waals surface area (Å²) in [6.07, 6.45) is 5.10. The van der Waals surface area contributed by atoms with Crippen LogP contribution in [0.1, 0.15) is 31.2 Å². The topological polar surface area (TPSA) is 15.6 Å². The fraction of sp³-hybridized carbons (Fsp3) is 0.438. The van der Waals surface area contributed by atoms with Crippen LogP contribution in [-0.4, -0.2) is 23.2 Å². The number of hydrogen-bond acceptors (Lipinski definition) is 3. The van der Waals surface area contributed by atoms with E-state index in [1.54, 1.807) is 11.8 Å². The van der Waals surface area contributed by atoms with Gasteiger partial charge in [-0.05, 0) is 35.9 Å². The predicted molar refractivity (Wildman–Crippen MR) is 86.3 cm³/mol. The first-order valence-electron chi connectivity index (χ1n) is 7.25. The standard InChI is InChI=1S/C16H17ClN2S/c17-13-5-3-12(4-6-13)16(7-1-2-8-16)14-11-20-15-18-9-10-19(14)15/h3-6,11H,1-2,7-10H2. The van der Waals surface area contributed by atoms with Crippen LogP contribution in [0.3, 0.4) is 0 Å². The fourth-order valence-corrected chi connectivity index (χ4v) is 4.91. The van der Waals surface area contributed by atoms with Crippen LogP contribution in [0, 0.1) is 0 Å². The van der Waals surface area contributed by atoms with E-state index in [2.05, 4.69) is 27.4 Å². The molecule has 0 unspecified atom stereocenters. The molecular weight excluding hydrogens is 288 g/mol. The third kappa shape index (κ3) is 1.83. The molecule has 1 saturated carbocycles. The van der Waals surface area contributed by atoms with E-state index in [0.717, 1.165) is 18.1 Å². The number of aliphatic imine (C=N–C) groups is 1. The Morgan fingerprint density at radius 1 is 1.15 bits per heavy atom. The highest BCUT2D eigenvalue weighted by molar-refractivity contribution is 8.16. The number of amidine groups is 1. The van der Waals surface area contributed by atoms with Crippen molar-refractivity contribution in [3.63, 3.8) is 0 Å². The Kier molecular flexibility index (Phi) is 3.08. The number of allylic oxidation sites excluding steroid dienone is 1. The van der Waals surface area contributed by atoms with Crippen molar-refractivity contribution in [2.45, 2.75) is 31.1 Å². The molecule has 1 aromatic carbocycles. The molecule has 1 fully saturated rings. The number of thioether (sulfide) groups is 1. The summed E-state index contributed by atoms with van der Waals surface area (Å²) in [5.74, 6) is 0. The molecule has 2 heterocycles. The fourth-order valence-electron chi connectivity index (χ4n) is 3.73. The van der Waals surface area contributed by atoms with Crippen molar-refractivity contribution >= 4 is 28.5 Å². The van der Waals surface area contributed by atoms with E-state index in [0.29, 0.717) is 0 Å². The van der Waals surface area contributed by atoms with Crippen LogP contribution in [0.4, 0.5) is 0 Å². The Bertz CT molecular complexity index is 585.